The van der Waals surface area contributed by atoms with Gasteiger partial charge in [-0.05, 0) is 6.07 Å². The molecule has 4 atom stereocenters. The highest BCUT2D eigenvalue weighted by Crippen LogP contribution is 2.35. The van der Waals surface area contributed by atoms with E-state index in [1.54, 1.807) is 0 Å². The third kappa shape index (κ3) is 2.11. The first-order chi connectivity index (χ1) is 8.95. The minimum absolute atomic E-state index is 0.222. The van der Waals surface area contributed by atoms with Gasteiger partial charge in [0, 0.05) is 6.20 Å². The summed E-state index contributed by atoms with van der Waals surface area (Å²) in [6, 6.07) is 1.42. The van der Waals surface area contributed by atoms with E-state index in [2.05, 4.69) is 10.9 Å². The quantitative estimate of drug-likeness (QED) is 0.390. The van der Waals surface area contributed by atoms with E-state index in [0.29, 0.717) is 0 Å². The number of aromatic amines is 1. The molecule has 102 valence electrons. The number of aromatic nitrogens is 2. The van der Waals surface area contributed by atoms with E-state index in [1.807, 2.05) is 0 Å². The van der Waals surface area contributed by atoms with E-state index in [9.17, 15) is 20.1 Å². The van der Waals surface area contributed by atoms with Crippen LogP contribution in [-0.2, 0) is 4.74 Å². The molecule has 8 heteroatoms. The summed E-state index contributed by atoms with van der Waals surface area (Å²) >= 11 is 4.78. The van der Waals surface area contributed by atoms with Crippen molar-refractivity contribution in [3.8, 4) is 12.3 Å². The Morgan fingerprint density at radius 1 is 1.63 bits per heavy atom. The third-order valence-electron chi connectivity index (χ3n) is 3.03. The maximum Gasteiger partial charge on any atom is 0.328 e. The number of nitrogens with zero attached hydrogens (tertiary/aromatic N) is 1. The van der Waals surface area contributed by atoms with Gasteiger partial charge in [0.15, 0.2) is 11.8 Å². The van der Waals surface area contributed by atoms with Crippen LogP contribution in [0, 0.1) is 17.0 Å². The van der Waals surface area contributed by atoms with E-state index in [-0.39, 0.29) is 4.64 Å². The molecule has 7 nitrogen and oxygen atoms in total. The highest BCUT2D eigenvalue weighted by molar-refractivity contribution is 7.71. The SMILES string of the molecule is C#C[C@]1(CO)O[C@@H](n2ccc(=S)[nH]c2=O)[C@@H](O)C1O. The second-order valence-electron chi connectivity index (χ2n) is 4.15. The zero-order chi connectivity index (χ0) is 14.2. The molecule has 2 heterocycles. The smallest absolute Gasteiger partial charge is 0.328 e. The summed E-state index contributed by atoms with van der Waals surface area (Å²) < 4.78 is 6.54. The van der Waals surface area contributed by atoms with Crippen molar-refractivity contribution in [3.63, 3.8) is 0 Å². The normalized spacial score (nSPS) is 34.1. The fraction of sp³-hybridized carbons (Fsp3) is 0.455. The molecule has 0 saturated carbocycles. The zero-order valence-electron chi connectivity index (χ0n) is 9.68. The van der Waals surface area contributed by atoms with Crippen LogP contribution in [0.1, 0.15) is 6.23 Å². The monoisotopic (exact) mass is 284 g/mol. The van der Waals surface area contributed by atoms with Gasteiger partial charge in [-0.3, -0.25) is 9.55 Å². The molecule has 1 saturated heterocycles. The predicted molar refractivity (Wildman–Crippen MR) is 66.7 cm³/mol. The summed E-state index contributed by atoms with van der Waals surface area (Å²) in [5.74, 6) is 2.11. The van der Waals surface area contributed by atoms with Crippen molar-refractivity contribution in [2.75, 3.05) is 6.61 Å². The fourth-order valence-electron chi connectivity index (χ4n) is 1.93. The molecule has 1 fully saturated rings. The Balaban J connectivity index is 2.46. The van der Waals surface area contributed by atoms with Crippen LogP contribution in [0.4, 0.5) is 0 Å². The van der Waals surface area contributed by atoms with Crippen molar-refractivity contribution in [1.82, 2.24) is 9.55 Å². The Labute approximate surface area is 113 Å². The molecule has 1 aliphatic rings. The van der Waals surface area contributed by atoms with Crippen LogP contribution in [0.2, 0.25) is 0 Å². The van der Waals surface area contributed by atoms with Gasteiger partial charge in [-0.1, -0.05) is 18.1 Å². The highest BCUT2D eigenvalue weighted by atomic mass is 32.1. The van der Waals surface area contributed by atoms with Crippen LogP contribution in [-0.4, -0.2) is 49.3 Å². The summed E-state index contributed by atoms with van der Waals surface area (Å²) in [4.78, 5) is 14.1. The largest absolute Gasteiger partial charge is 0.392 e. The Hall–Kier alpha value is -1.50. The Morgan fingerprint density at radius 3 is 2.79 bits per heavy atom. The van der Waals surface area contributed by atoms with Gasteiger partial charge in [-0.25, -0.2) is 4.79 Å². The molecule has 4 N–H and O–H groups in total. The molecular formula is C11H12N2O5S. The topological polar surface area (TPSA) is 108 Å². The van der Waals surface area contributed by atoms with E-state index in [1.165, 1.54) is 12.3 Å². The number of aliphatic hydroxyl groups excluding tert-OH is 3. The van der Waals surface area contributed by atoms with Crippen LogP contribution in [0.5, 0.6) is 0 Å². The lowest BCUT2D eigenvalue weighted by atomic mass is 9.97. The molecule has 1 unspecified atom stereocenters. The average molecular weight is 284 g/mol. The summed E-state index contributed by atoms with van der Waals surface area (Å²) in [6.45, 7) is -0.685. The summed E-state index contributed by atoms with van der Waals surface area (Å²) in [7, 11) is 0. The van der Waals surface area contributed by atoms with Crippen LogP contribution in [0.3, 0.4) is 0 Å². The minimum atomic E-state index is -1.74. The van der Waals surface area contributed by atoms with Gasteiger partial charge in [0.25, 0.3) is 0 Å². The summed E-state index contributed by atoms with van der Waals surface area (Å²) in [5.41, 5.74) is -2.36. The maximum atomic E-state index is 11.7. The fourth-order valence-corrected chi connectivity index (χ4v) is 2.08. The highest BCUT2D eigenvalue weighted by Gasteiger charge is 2.54. The van der Waals surface area contributed by atoms with Gasteiger partial charge in [-0.15, -0.1) is 6.42 Å². The lowest BCUT2D eigenvalue weighted by Gasteiger charge is -2.23. The van der Waals surface area contributed by atoms with Crippen LogP contribution in [0.15, 0.2) is 17.1 Å². The predicted octanol–water partition coefficient (Wildman–Crippen LogP) is -1.48. The molecule has 0 bridgehead atoms. The molecule has 0 aromatic carbocycles. The number of hydrogen-bond donors (Lipinski definition) is 4. The number of hydrogen-bond acceptors (Lipinski definition) is 6. The summed E-state index contributed by atoms with van der Waals surface area (Å²) in [5, 5.41) is 29.0. The maximum absolute atomic E-state index is 11.7. The second-order valence-corrected chi connectivity index (χ2v) is 4.59. The number of ether oxygens (including phenoxy) is 1. The standard InChI is InChI=1S/C11H12N2O5S/c1-2-11(5-14)8(16)7(15)9(18-11)13-4-3-6(19)12-10(13)17/h1,3-4,7-9,14-16H,5H2,(H,12,17,19)/t7-,8?,9+,11+/m0/s1. The first-order valence-corrected chi connectivity index (χ1v) is 5.80. The van der Waals surface area contributed by atoms with Crippen molar-refractivity contribution < 1.29 is 20.1 Å². The molecule has 0 spiro atoms. The number of aliphatic hydroxyl groups is 3. The van der Waals surface area contributed by atoms with E-state index in [4.69, 9.17) is 23.4 Å². The average Bonchev–Trinajstić information content (AvgIpc) is 2.64. The van der Waals surface area contributed by atoms with E-state index < -0.39 is 36.3 Å². The lowest BCUT2D eigenvalue weighted by Crippen LogP contribution is -2.45. The molecule has 2 rings (SSSR count). The van der Waals surface area contributed by atoms with Crippen molar-refractivity contribution in [3.05, 3.63) is 27.4 Å². The Bertz CT molecular complexity index is 633. The number of rotatable bonds is 2. The second kappa shape index (κ2) is 4.88. The molecule has 0 amide bonds. The first kappa shape index (κ1) is 13.9. The van der Waals surface area contributed by atoms with Gasteiger partial charge in [-0.2, -0.15) is 0 Å². The van der Waals surface area contributed by atoms with Crippen molar-refractivity contribution in [2.45, 2.75) is 24.0 Å². The molecule has 1 aromatic rings. The van der Waals surface area contributed by atoms with Crippen molar-refractivity contribution in [1.29, 1.82) is 0 Å². The molecular weight excluding hydrogens is 272 g/mol. The minimum Gasteiger partial charge on any atom is -0.392 e. The van der Waals surface area contributed by atoms with Crippen molar-refractivity contribution in [2.24, 2.45) is 0 Å². The Kier molecular flexibility index (Phi) is 3.58. The van der Waals surface area contributed by atoms with Gasteiger partial charge >= 0.3 is 5.69 Å². The van der Waals surface area contributed by atoms with Gasteiger partial charge in [0.2, 0.25) is 0 Å². The van der Waals surface area contributed by atoms with Gasteiger partial charge < -0.3 is 20.1 Å². The molecule has 0 radical (unpaired) electrons. The third-order valence-corrected chi connectivity index (χ3v) is 3.27. The first-order valence-electron chi connectivity index (χ1n) is 5.39. The van der Waals surface area contributed by atoms with Gasteiger partial charge in [0.1, 0.15) is 16.8 Å². The summed E-state index contributed by atoms with van der Waals surface area (Å²) in [6.07, 6.45) is 2.35. The van der Waals surface area contributed by atoms with E-state index in [0.717, 1.165) is 4.57 Å². The lowest BCUT2D eigenvalue weighted by molar-refractivity contribution is -0.0936. The van der Waals surface area contributed by atoms with Crippen LogP contribution < -0.4 is 5.69 Å². The molecule has 0 aliphatic carbocycles. The molecule has 19 heavy (non-hydrogen) atoms. The van der Waals surface area contributed by atoms with Gasteiger partial charge in [0.05, 0.1) is 6.61 Å². The number of H-pyrrole nitrogens is 1. The van der Waals surface area contributed by atoms with Crippen LogP contribution in [0.25, 0.3) is 0 Å². The Morgan fingerprint density at radius 2 is 2.32 bits per heavy atom. The zero-order valence-corrected chi connectivity index (χ0v) is 10.5. The van der Waals surface area contributed by atoms with E-state index >= 15 is 0 Å². The van der Waals surface area contributed by atoms with Crippen molar-refractivity contribution >= 4 is 12.2 Å². The molecule has 1 aliphatic heterocycles. The van der Waals surface area contributed by atoms with Crippen LogP contribution >= 0.6 is 12.2 Å². The molecule has 1 aromatic heterocycles. The number of terminal acetylenes is 1. The number of nitrogens with one attached hydrogen (secondary N) is 1.